The Morgan fingerprint density at radius 2 is 2.44 bits per heavy atom. The number of nitrogens with zero attached hydrogens (tertiary/aromatic N) is 1. The van der Waals surface area contributed by atoms with Gasteiger partial charge in [0.15, 0.2) is 0 Å². The number of rotatable bonds is 4. The smallest absolute Gasteiger partial charge is 0.230 e. The van der Waals surface area contributed by atoms with Gasteiger partial charge in [0.1, 0.15) is 0 Å². The predicted molar refractivity (Wildman–Crippen MR) is 75.6 cm³/mol. The van der Waals surface area contributed by atoms with Crippen LogP contribution in [0.25, 0.3) is 0 Å². The highest BCUT2D eigenvalue weighted by Gasteiger charge is 2.37. The molecule has 100 valence electrons. The third-order valence-corrected chi connectivity index (χ3v) is 4.57. The molecule has 1 aromatic heterocycles. The topological polar surface area (TPSA) is 32.3 Å². The number of carbonyl (C=O) groups excluding carboxylic acids is 1. The van der Waals surface area contributed by atoms with E-state index in [9.17, 15) is 4.79 Å². The summed E-state index contributed by atoms with van der Waals surface area (Å²) in [4.78, 5) is 15.9. The van der Waals surface area contributed by atoms with E-state index in [4.69, 9.17) is 0 Å². The Morgan fingerprint density at radius 1 is 1.61 bits per heavy atom. The summed E-state index contributed by atoms with van der Waals surface area (Å²) in [5.41, 5.74) is -0.217. The summed E-state index contributed by atoms with van der Waals surface area (Å²) >= 11 is 1.72. The van der Waals surface area contributed by atoms with Gasteiger partial charge in [-0.25, -0.2) is 0 Å². The van der Waals surface area contributed by atoms with Gasteiger partial charge in [0.05, 0.1) is 12.0 Å². The minimum absolute atomic E-state index is 0.217. The first-order valence-corrected chi connectivity index (χ1v) is 7.56. The fourth-order valence-corrected chi connectivity index (χ4v) is 3.26. The van der Waals surface area contributed by atoms with Crippen LogP contribution in [0.3, 0.4) is 0 Å². The number of carbonyl (C=O) groups is 1. The summed E-state index contributed by atoms with van der Waals surface area (Å²) in [7, 11) is 0. The lowest BCUT2D eigenvalue weighted by molar-refractivity contribution is -0.142. The van der Waals surface area contributed by atoms with Crippen molar-refractivity contribution in [3.8, 4) is 0 Å². The Morgan fingerprint density at radius 3 is 3.00 bits per heavy atom. The molecule has 1 aromatic rings. The lowest BCUT2D eigenvalue weighted by Crippen LogP contribution is -2.49. The Hall–Kier alpha value is -0.870. The average Bonchev–Trinajstić information content (AvgIpc) is 2.89. The standard InChI is InChI=1S/C14H22N2OS/c1-3-16(10-12-6-4-9-18-12)13(17)14(2)7-5-8-15-11-14/h4,6,9,15H,3,5,7-8,10-11H2,1-2H3. The molecular formula is C14H22N2OS. The molecule has 0 bridgehead atoms. The number of hydrogen-bond acceptors (Lipinski definition) is 3. The summed E-state index contributed by atoms with van der Waals surface area (Å²) in [6, 6.07) is 4.14. The maximum Gasteiger partial charge on any atom is 0.230 e. The molecule has 0 aromatic carbocycles. The first-order valence-electron chi connectivity index (χ1n) is 6.68. The van der Waals surface area contributed by atoms with E-state index in [2.05, 4.69) is 30.6 Å². The number of nitrogens with one attached hydrogen (secondary N) is 1. The van der Waals surface area contributed by atoms with Crippen LogP contribution in [0.4, 0.5) is 0 Å². The van der Waals surface area contributed by atoms with E-state index in [1.807, 2.05) is 11.0 Å². The molecule has 1 fully saturated rings. The molecule has 3 nitrogen and oxygen atoms in total. The van der Waals surface area contributed by atoms with E-state index in [-0.39, 0.29) is 5.41 Å². The van der Waals surface area contributed by atoms with Gasteiger partial charge >= 0.3 is 0 Å². The van der Waals surface area contributed by atoms with Gasteiger partial charge in [-0.1, -0.05) is 6.07 Å². The lowest BCUT2D eigenvalue weighted by atomic mass is 9.81. The van der Waals surface area contributed by atoms with Crippen molar-refractivity contribution < 1.29 is 4.79 Å². The summed E-state index contributed by atoms with van der Waals surface area (Å²) in [5.74, 6) is 0.297. The van der Waals surface area contributed by atoms with Gasteiger partial charge in [0, 0.05) is 18.0 Å². The van der Waals surface area contributed by atoms with Gasteiger partial charge in [-0.05, 0) is 44.7 Å². The minimum Gasteiger partial charge on any atom is -0.337 e. The molecular weight excluding hydrogens is 244 g/mol. The SMILES string of the molecule is CCN(Cc1cccs1)C(=O)C1(C)CCCNC1. The second kappa shape index (κ2) is 5.85. The van der Waals surface area contributed by atoms with Crippen molar-refractivity contribution in [1.82, 2.24) is 10.2 Å². The normalized spacial score (nSPS) is 23.9. The largest absolute Gasteiger partial charge is 0.337 e. The molecule has 0 saturated carbocycles. The molecule has 18 heavy (non-hydrogen) atoms. The van der Waals surface area contributed by atoms with Crippen molar-refractivity contribution in [1.29, 1.82) is 0 Å². The van der Waals surface area contributed by atoms with Crippen LogP contribution in [0.5, 0.6) is 0 Å². The van der Waals surface area contributed by atoms with Crippen LogP contribution in [0.2, 0.25) is 0 Å². The van der Waals surface area contributed by atoms with E-state index >= 15 is 0 Å². The molecule has 1 atom stereocenters. The van der Waals surface area contributed by atoms with Crippen LogP contribution in [0.1, 0.15) is 31.6 Å². The van der Waals surface area contributed by atoms with Gasteiger partial charge in [0.25, 0.3) is 0 Å². The van der Waals surface area contributed by atoms with Gasteiger partial charge in [-0.15, -0.1) is 11.3 Å². The van der Waals surface area contributed by atoms with Crippen LogP contribution in [-0.2, 0) is 11.3 Å². The molecule has 2 heterocycles. The molecule has 1 unspecified atom stereocenters. The molecule has 0 radical (unpaired) electrons. The van der Waals surface area contributed by atoms with Crippen molar-refractivity contribution in [3.63, 3.8) is 0 Å². The molecule has 0 spiro atoms. The highest BCUT2D eigenvalue weighted by atomic mass is 32.1. The van der Waals surface area contributed by atoms with Gasteiger partial charge in [-0.2, -0.15) is 0 Å². The third-order valence-electron chi connectivity index (χ3n) is 3.71. The zero-order valence-electron chi connectivity index (χ0n) is 11.2. The Kier molecular flexibility index (Phi) is 4.40. The van der Waals surface area contributed by atoms with E-state index in [0.717, 1.165) is 39.0 Å². The second-order valence-corrected chi connectivity index (χ2v) is 6.27. The number of hydrogen-bond donors (Lipinski definition) is 1. The third kappa shape index (κ3) is 2.93. The molecule has 2 rings (SSSR count). The lowest BCUT2D eigenvalue weighted by Gasteiger charge is -2.37. The quantitative estimate of drug-likeness (QED) is 0.908. The number of amides is 1. The summed E-state index contributed by atoms with van der Waals surface area (Å²) in [6.07, 6.45) is 2.10. The molecule has 1 aliphatic heterocycles. The van der Waals surface area contributed by atoms with Crippen molar-refractivity contribution in [2.45, 2.75) is 33.2 Å². The molecule has 0 aliphatic carbocycles. The molecule has 1 saturated heterocycles. The van der Waals surface area contributed by atoms with Crippen molar-refractivity contribution in [3.05, 3.63) is 22.4 Å². The average molecular weight is 266 g/mol. The summed E-state index contributed by atoms with van der Waals surface area (Å²) < 4.78 is 0. The fraction of sp³-hybridized carbons (Fsp3) is 0.643. The maximum absolute atomic E-state index is 12.7. The van der Waals surface area contributed by atoms with Crippen molar-refractivity contribution >= 4 is 17.2 Å². The zero-order chi connectivity index (χ0) is 13.0. The van der Waals surface area contributed by atoms with Gasteiger partial charge < -0.3 is 10.2 Å². The van der Waals surface area contributed by atoms with Crippen LogP contribution in [0, 0.1) is 5.41 Å². The second-order valence-electron chi connectivity index (χ2n) is 5.24. The van der Waals surface area contributed by atoms with Gasteiger partial charge in [-0.3, -0.25) is 4.79 Å². The first-order chi connectivity index (χ1) is 8.65. The summed E-state index contributed by atoms with van der Waals surface area (Å²) in [5, 5.41) is 5.42. The first kappa shape index (κ1) is 13.6. The van der Waals surface area contributed by atoms with E-state index in [0.29, 0.717) is 5.91 Å². The summed E-state index contributed by atoms with van der Waals surface area (Å²) in [6.45, 7) is 7.55. The van der Waals surface area contributed by atoms with E-state index in [1.54, 1.807) is 11.3 Å². The van der Waals surface area contributed by atoms with Crippen molar-refractivity contribution in [2.75, 3.05) is 19.6 Å². The monoisotopic (exact) mass is 266 g/mol. The predicted octanol–water partition coefficient (Wildman–Crippen LogP) is 2.49. The van der Waals surface area contributed by atoms with Crippen LogP contribution >= 0.6 is 11.3 Å². The van der Waals surface area contributed by atoms with E-state index < -0.39 is 0 Å². The van der Waals surface area contributed by atoms with Crippen LogP contribution in [0.15, 0.2) is 17.5 Å². The van der Waals surface area contributed by atoms with Crippen LogP contribution in [-0.4, -0.2) is 30.4 Å². The van der Waals surface area contributed by atoms with E-state index in [1.165, 1.54) is 4.88 Å². The number of thiophene rings is 1. The van der Waals surface area contributed by atoms with Crippen LogP contribution < -0.4 is 5.32 Å². The molecule has 1 N–H and O–H groups in total. The minimum atomic E-state index is -0.217. The molecule has 1 aliphatic rings. The highest BCUT2D eigenvalue weighted by Crippen LogP contribution is 2.29. The fourth-order valence-electron chi connectivity index (χ4n) is 2.54. The number of piperidine rings is 1. The molecule has 1 amide bonds. The highest BCUT2D eigenvalue weighted by molar-refractivity contribution is 7.09. The Labute approximate surface area is 113 Å². The maximum atomic E-state index is 12.7. The molecule has 4 heteroatoms. The Bertz CT molecular complexity index is 383. The van der Waals surface area contributed by atoms with Gasteiger partial charge in [0.2, 0.25) is 5.91 Å². The Balaban J connectivity index is 2.04. The zero-order valence-corrected chi connectivity index (χ0v) is 12.1. The van der Waals surface area contributed by atoms with Crippen molar-refractivity contribution in [2.24, 2.45) is 5.41 Å².